The van der Waals surface area contributed by atoms with Crippen LogP contribution in [0.25, 0.3) is 0 Å². The van der Waals surface area contributed by atoms with Gasteiger partial charge in [-0.15, -0.1) is 0 Å². The molecule has 1 aromatic carbocycles. The van der Waals surface area contributed by atoms with Gasteiger partial charge in [-0.1, -0.05) is 24.3 Å². The second-order valence-corrected chi connectivity index (χ2v) is 7.32. The fourth-order valence-corrected chi connectivity index (χ4v) is 4.42. The summed E-state index contributed by atoms with van der Waals surface area (Å²) in [5.74, 6) is -0.0351. The van der Waals surface area contributed by atoms with E-state index < -0.39 is 10.0 Å². The van der Waals surface area contributed by atoms with Crippen molar-refractivity contribution in [1.29, 1.82) is 0 Å². The fourth-order valence-electron chi connectivity index (χ4n) is 2.99. The molecule has 3 rings (SSSR count). The Morgan fingerprint density at radius 3 is 2.45 bits per heavy atom. The summed E-state index contributed by atoms with van der Waals surface area (Å²) in [7, 11) is -3.35. The summed E-state index contributed by atoms with van der Waals surface area (Å²) in [5.41, 5.74) is 1.50. The first kappa shape index (κ1) is 14.0. The number of aliphatic hydroxyl groups is 1. The van der Waals surface area contributed by atoms with E-state index in [0.29, 0.717) is 0 Å². The molecule has 110 valence electrons. The number of benzene rings is 1. The van der Waals surface area contributed by atoms with Crippen LogP contribution < -0.4 is 4.72 Å². The molecule has 0 saturated carbocycles. The van der Waals surface area contributed by atoms with Crippen LogP contribution in [0.2, 0.25) is 0 Å². The third kappa shape index (κ3) is 3.03. The first-order valence-electron chi connectivity index (χ1n) is 6.90. The van der Waals surface area contributed by atoms with Gasteiger partial charge < -0.3 is 9.84 Å². The Labute approximate surface area is 119 Å². The molecule has 2 aliphatic rings. The molecule has 3 unspecified atom stereocenters. The summed E-state index contributed by atoms with van der Waals surface area (Å²) >= 11 is 0. The Kier molecular flexibility index (Phi) is 3.81. The van der Waals surface area contributed by atoms with E-state index in [2.05, 4.69) is 4.72 Å². The second kappa shape index (κ2) is 5.44. The maximum Gasteiger partial charge on any atom is 0.216 e. The number of nitrogens with one attached hydrogen (secondary N) is 1. The van der Waals surface area contributed by atoms with Crippen LogP contribution in [0.4, 0.5) is 0 Å². The molecule has 2 aliphatic heterocycles. The van der Waals surface area contributed by atoms with Gasteiger partial charge in [-0.05, 0) is 30.4 Å². The van der Waals surface area contributed by atoms with Gasteiger partial charge in [0, 0.05) is 0 Å². The van der Waals surface area contributed by atoms with Crippen molar-refractivity contribution in [3.8, 4) is 0 Å². The van der Waals surface area contributed by atoms with E-state index in [4.69, 9.17) is 9.84 Å². The molecule has 2 bridgehead atoms. The number of sulfonamides is 1. The van der Waals surface area contributed by atoms with Crippen molar-refractivity contribution < 1.29 is 18.3 Å². The van der Waals surface area contributed by atoms with Crippen molar-refractivity contribution in [2.24, 2.45) is 0 Å². The average Bonchev–Trinajstić information content (AvgIpc) is 3.01. The summed E-state index contributed by atoms with van der Waals surface area (Å²) in [6.07, 6.45) is 3.06. The van der Waals surface area contributed by atoms with Gasteiger partial charge in [-0.25, -0.2) is 13.1 Å². The van der Waals surface area contributed by atoms with Gasteiger partial charge in [-0.3, -0.25) is 0 Å². The molecule has 1 aromatic rings. The highest BCUT2D eigenvalue weighted by Gasteiger charge is 2.42. The highest BCUT2D eigenvalue weighted by atomic mass is 32.2. The molecule has 0 radical (unpaired) electrons. The SMILES string of the molecule is O=S(=O)(Cc1ccc(CO)cc1)NC1CC2CCC1O2. The molecule has 0 aromatic heterocycles. The van der Waals surface area contributed by atoms with E-state index in [-0.39, 0.29) is 30.6 Å². The number of rotatable bonds is 5. The van der Waals surface area contributed by atoms with Crippen LogP contribution >= 0.6 is 0 Å². The quantitative estimate of drug-likeness (QED) is 0.847. The van der Waals surface area contributed by atoms with Crippen LogP contribution in [0, 0.1) is 0 Å². The van der Waals surface area contributed by atoms with Gasteiger partial charge in [-0.2, -0.15) is 0 Å². The molecule has 2 fully saturated rings. The minimum Gasteiger partial charge on any atom is -0.392 e. The molecule has 5 nitrogen and oxygen atoms in total. The zero-order chi connectivity index (χ0) is 14.2. The normalized spacial score (nSPS) is 28.9. The molecule has 0 spiro atoms. The predicted octanol–water partition coefficient (Wildman–Crippen LogP) is 0.918. The van der Waals surface area contributed by atoms with Crippen LogP contribution in [-0.4, -0.2) is 31.8 Å². The Hall–Kier alpha value is -0.950. The predicted molar refractivity (Wildman–Crippen MR) is 74.4 cm³/mol. The van der Waals surface area contributed by atoms with Gasteiger partial charge in [0.05, 0.1) is 30.6 Å². The number of ether oxygens (including phenoxy) is 1. The van der Waals surface area contributed by atoms with Crippen molar-refractivity contribution >= 4 is 10.0 Å². The maximum atomic E-state index is 12.2. The van der Waals surface area contributed by atoms with Crippen LogP contribution in [0.5, 0.6) is 0 Å². The van der Waals surface area contributed by atoms with Crippen LogP contribution in [0.1, 0.15) is 30.4 Å². The van der Waals surface area contributed by atoms with Crippen LogP contribution in [-0.2, 0) is 27.1 Å². The van der Waals surface area contributed by atoms with Crippen molar-refractivity contribution in [3.05, 3.63) is 35.4 Å². The molecule has 3 atom stereocenters. The van der Waals surface area contributed by atoms with Crippen molar-refractivity contribution in [2.75, 3.05) is 0 Å². The van der Waals surface area contributed by atoms with Crippen molar-refractivity contribution in [3.63, 3.8) is 0 Å². The average molecular weight is 297 g/mol. The minimum absolute atomic E-state index is 0.0340. The fraction of sp³-hybridized carbons (Fsp3) is 0.571. The molecule has 20 heavy (non-hydrogen) atoms. The van der Waals surface area contributed by atoms with Crippen LogP contribution in [0.15, 0.2) is 24.3 Å². The van der Waals surface area contributed by atoms with Gasteiger partial charge in [0.1, 0.15) is 0 Å². The smallest absolute Gasteiger partial charge is 0.216 e. The summed E-state index contributed by atoms with van der Waals surface area (Å²) in [6.45, 7) is -0.0340. The number of hydrogen-bond acceptors (Lipinski definition) is 4. The summed E-state index contributed by atoms with van der Waals surface area (Å²) < 4.78 is 32.8. The first-order chi connectivity index (χ1) is 9.55. The largest absolute Gasteiger partial charge is 0.392 e. The monoisotopic (exact) mass is 297 g/mol. The van der Waals surface area contributed by atoms with Crippen molar-refractivity contribution in [2.45, 2.75) is 49.9 Å². The van der Waals surface area contributed by atoms with Gasteiger partial charge in [0.2, 0.25) is 10.0 Å². The molecule has 2 heterocycles. The van der Waals surface area contributed by atoms with E-state index in [1.807, 2.05) is 0 Å². The lowest BCUT2D eigenvalue weighted by atomic mass is 9.96. The maximum absolute atomic E-state index is 12.2. The third-order valence-electron chi connectivity index (χ3n) is 4.00. The number of fused-ring (bicyclic) bond motifs is 2. The lowest BCUT2D eigenvalue weighted by Gasteiger charge is -2.20. The zero-order valence-electron chi connectivity index (χ0n) is 11.2. The van der Waals surface area contributed by atoms with E-state index in [1.165, 1.54) is 0 Å². The molecular formula is C14H19NO4S. The summed E-state index contributed by atoms with van der Waals surface area (Å²) in [6, 6.07) is 6.89. The lowest BCUT2D eigenvalue weighted by Crippen LogP contribution is -2.41. The third-order valence-corrected chi connectivity index (χ3v) is 5.37. The summed E-state index contributed by atoms with van der Waals surface area (Å²) in [4.78, 5) is 0. The Balaban J connectivity index is 1.63. The van der Waals surface area contributed by atoms with E-state index in [0.717, 1.165) is 30.4 Å². The number of aliphatic hydroxyl groups excluding tert-OH is 1. The highest BCUT2D eigenvalue weighted by Crippen LogP contribution is 2.34. The highest BCUT2D eigenvalue weighted by molar-refractivity contribution is 7.88. The van der Waals surface area contributed by atoms with Crippen molar-refractivity contribution in [1.82, 2.24) is 4.72 Å². The Bertz CT molecular complexity index is 569. The van der Waals surface area contributed by atoms with Gasteiger partial charge in [0.25, 0.3) is 0 Å². The Morgan fingerprint density at radius 2 is 1.90 bits per heavy atom. The number of hydrogen-bond donors (Lipinski definition) is 2. The van der Waals surface area contributed by atoms with E-state index in [1.54, 1.807) is 24.3 Å². The van der Waals surface area contributed by atoms with E-state index >= 15 is 0 Å². The summed E-state index contributed by atoms with van der Waals surface area (Å²) in [5, 5.41) is 8.97. The lowest BCUT2D eigenvalue weighted by molar-refractivity contribution is 0.0996. The topological polar surface area (TPSA) is 75.6 Å². The molecule has 0 amide bonds. The van der Waals surface area contributed by atoms with Crippen LogP contribution in [0.3, 0.4) is 0 Å². The Morgan fingerprint density at radius 1 is 1.20 bits per heavy atom. The molecule has 0 aliphatic carbocycles. The van der Waals surface area contributed by atoms with Gasteiger partial charge in [0.15, 0.2) is 0 Å². The molecule has 2 saturated heterocycles. The van der Waals surface area contributed by atoms with E-state index in [9.17, 15) is 8.42 Å². The zero-order valence-corrected chi connectivity index (χ0v) is 12.0. The molecule has 6 heteroatoms. The molecule has 2 N–H and O–H groups in total. The minimum atomic E-state index is -3.35. The molecular weight excluding hydrogens is 278 g/mol. The first-order valence-corrected chi connectivity index (χ1v) is 8.55. The standard InChI is InChI=1S/C14H19NO4S/c16-8-10-1-3-11(4-2-10)9-20(17,18)15-13-7-12-5-6-14(13)19-12/h1-4,12-16H,5-9H2. The second-order valence-electron chi connectivity index (χ2n) is 5.57. The van der Waals surface area contributed by atoms with Gasteiger partial charge >= 0.3 is 0 Å².